The first-order valence-electron chi connectivity index (χ1n) is 8.36. The maximum atomic E-state index is 13.9. The average molecular weight is 407 g/mol. The molecule has 0 saturated carbocycles. The number of carbonyl (C=O) groups is 1. The topological polar surface area (TPSA) is 38.3 Å². The number of benzene rings is 3. The normalized spacial score (nSPS) is 11.2. The molecule has 0 aliphatic rings. The summed E-state index contributed by atoms with van der Waals surface area (Å²) in [5, 5.41) is 2.51. The van der Waals surface area contributed by atoms with Gasteiger partial charge in [-0.25, -0.2) is 8.78 Å². The van der Waals surface area contributed by atoms with Crippen LogP contribution in [0, 0.1) is 18.6 Å². The van der Waals surface area contributed by atoms with E-state index >= 15 is 0 Å². The number of rotatable bonds is 4. The zero-order valence-electron chi connectivity index (χ0n) is 15.0. The predicted octanol–water partition coefficient (Wildman–Crippen LogP) is 6.34. The van der Waals surface area contributed by atoms with Crippen molar-refractivity contribution in [1.29, 1.82) is 0 Å². The zero-order valence-corrected chi connectivity index (χ0v) is 15.0. The second-order valence-corrected chi connectivity index (χ2v) is 6.15. The summed E-state index contributed by atoms with van der Waals surface area (Å²) < 4.78 is 71.4. The van der Waals surface area contributed by atoms with Gasteiger partial charge in [0.1, 0.15) is 28.7 Å². The second-order valence-electron chi connectivity index (χ2n) is 6.15. The molecule has 0 radical (unpaired) electrons. The molecule has 0 atom stereocenters. The molecule has 1 amide bonds. The first-order chi connectivity index (χ1) is 13.6. The van der Waals surface area contributed by atoms with Gasteiger partial charge in [-0.15, -0.1) is 0 Å². The molecule has 0 bridgehead atoms. The first kappa shape index (κ1) is 20.3. The molecule has 29 heavy (non-hydrogen) atoms. The van der Waals surface area contributed by atoms with Gasteiger partial charge in [0.2, 0.25) is 0 Å². The lowest BCUT2D eigenvalue weighted by Crippen LogP contribution is -2.15. The number of aryl methyl sites for hydroxylation is 1. The third-order valence-electron chi connectivity index (χ3n) is 4.04. The van der Waals surface area contributed by atoms with Gasteiger partial charge in [0, 0.05) is 5.69 Å². The first-order valence-corrected chi connectivity index (χ1v) is 8.36. The van der Waals surface area contributed by atoms with Crippen LogP contribution in [0.5, 0.6) is 11.5 Å². The smallest absolute Gasteiger partial charge is 0.420 e. The van der Waals surface area contributed by atoms with Crippen molar-refractivity contribution in [1.82, 2.24) is 0 Å². The molecule has 3 nitrogen and oxygen atoms in total. The van der Waals surface area contributed by atoms with E-state index in [1.54, 1.807) is 13.0 Å². The predicted molar refractivity (Wildman–Crippen MR) is 97.0 cm³/mol. The third-order valence-corrected chi connectivity index (χ3v) is 4.04. The number of nitrogens with one attached hydrogen (secondary N) is 1. The van der Waals surface area contributed by atoms with Crippen LogP contribution in [0.3, 0.4) is 0 Å². The molecule has 0 aromatic heterocycles. The van der Waals surface area contributed by atoms with Gasteiger partial charge in [0.05, 0.1) is 5.56 Å². The summed E-state index contributed by atoms with van der Waals surface area (Å²) in [6, 6.07) is 11.8. The van der Waals surface area contributed by atoms with Gasteiger partial charge in [-0.1, -0.05) is 12.1 Å². The lowest BCUT2D eigenvalue weighted by Gasteiger charge is -2.14. The third kappa shape index (κ3) is 4.71. The molecule has 0 fully saturated rings. The molecule has 0 heterocycles. The number of hydrogen-bond acceptors (Lipinski definition) is 2. The van der Waals surface area contributed by atoms with Gasteiger partial charge in [-0.3, -0.25) is 4.79 Å². The van der Waals surface area contributed by atoms with Crippen molar-refractivity contribution in [3.05, 3.63) is 89.0 Å². The summed E-state index contributed by atoms with van der Waals surface area (Å²) in [7, 11) is 0. The van der Waals surface area contributed by atoms with E-state index in [9.17, 15) is 26.7 Å². The van der Waals surface area contributed by atoms with E-state index in [0.717, 1.165) is 12.1 Å². The molecule has 0 aliphatic carbocycles. The fourth-order valence-corrected chi connectivity index (χ4v) is 2.66. The Kier molecular flexibility index (Phi) is 5.54. The molecule has 3 aromatic rings. The van der Waals surface area contributed by atoms with Crippen LogP contribution in [0.2, 0.25) is 0 Å². The Morgan fingerprint density at radius 2 is 1.66 bits per heavy atom. The zero-order chi connectivity index (χ0) is 21.2. The quantitative estimate of drug-likeness (QED) is 0.513. The van der Waals surface area contributed by atoms with E-state index in [1.807, 2.05) is 0 Å². The molecule has 150 valence electrons. The molecule has 0 spiro atoms. The largest absolute Gasteiger partial charge is 0.457 e. The van der Waals surface area contributed by atoms with Crippen LogP contribution in [0.1, 0.15) is 21.5 Å². The molecule has 0 unspecified atom stereocenters. The highest BCUT2D eigenvalue weighted by Gasteiger charge is 2.35. The Labute approximate surface area is 162 Å². The number of halogens is 5. The van der Waals surface area contributed by atoms with E-state index in [2.05, 4.69) is 5.32 Å². The average Bonchev–Trinajstić information content (AvgIpc) is 2.64. The number of amides is 1. The molecule has 0 saturated heterocycles. The van der Waals surface area contributed by atoms with Crippen LogP contribution < -0.4 is 10.1 Å². The second kappa shape index (κ2) is 7.90. The van der Waals surface area contributed by atoms with Crippen molar-refractivity contribution >= 4 is 11.6 Å². The van der Waals surface area contributed by atoms with E-state index in [4.69, 9.17) is 4.74 Å². The number of carbonyl (C=O) groups excluding carboxylic acids is 1. The van der Waals surface area contributed by atoms with E-state index < -0.39 is 35.0 Å². The van der Waals surface area contributed by atoms with Gasteiger partial charge in [0.15, 0.2) is 0 Å². The van der Waals surface area contributed by atoms with Crippen LogP contribution in [0.4, 0.5) is 27.6 Å². The standard InChI is InChI=1S/C21H14F5NO2/c1-12-3-2-4-17(23)19(12)20(28)27-14-6-8-15(9-7-14)29-18-10-5-13(22)11-16(18)21(24,25)26/h2-11H,1H3,(H,27,28). The number of alkyl halides is 3. The Morgan fingerprint density at radius 1 is 0.966 bits per heavy atom. The van der Waals surface area contributed by atoms with Crippen molar-refractivity contribution in [2.45, 2.75) is 13.1 Å². The van der Waals surface area contributed by atoms with Gasteiger partial charge >= 0.3 is 6.18 Å². The molecule has 1 N–H and O–H groups in total. The van der Waals surface area contributed by atoms with Crippen LogP contribution in [-0.2, 0) is 6.18 Å². The summed E-state index contributed by atoms with van der Waals surface area (Å²) in [5.41, 5.74) is -0.600. The SMILES string of the molecule is Cc1cccc(F)c1C(=O)Nc1ccc(Oc2ccc(F)cc2C(F)(F)F)cc1. The summed E-state index contributed by atoms with van der Waals surface area (Å²) in [4.78, 5) is 12.3. The summed E-state index contributed by atoms with van der Waals surface area (Å²) >= 11 is 0. The Balaban J connectivity index is 1.77. The Hall–Kier alpha value is -3.42. The lowest BCUT2D eigenvalue weighted by molar-refractivity contribution is -0.138. The minimum absolute atomic E-state index is 0.0437. The fourth-order valence-electron chi connectivity index (χ4n) is 2.66. The fraction of sp³-hybridized carbons (Fsp3) is 0.0952. The molecule has 3 rings (SSSR count). The monoisotopic (exact) mass is 407 g/mol. The van der Waals surface area contributed by atoms with Crippen LogP contribution in [0.25, 0.3) is 0 Å². The Morgan fingerprint density at radius 3 is 2.28 bits per heavy atom. The van der Waals surface area contributed by atoms with Crippen molar-refractivity contribution in [2.24, 2.45) is 0 Å². The van der Waals surface area contributed by atoms with Gasteiger partial charge in [-0.05, 0) is 61.0 Å². The van der Waals surface area contributed by atoms with Crippen molar-refractivity contribution in [2.75, 3.05) is 5.32 Å². The van der Waals surface area contributed by atoms with Crippen molar-refractivity contribution < 1.29 is 31.5 Å². The van der Waals surface area contributed by atoms with E-state index in [-0.39, 0.29) is 11.3 Å². The molecule has 8 heteroatoms. The lowest BCUT2D eigenvalue weighted by atomic mass is 10.1. The summed E-state index contributed by atoms with van der Waals surface area (Å²) in [5.74, 6) is -2.88. The Bertz CT molecular complexity index is 1030. The minimum atomic E-state index is -4.79. The van der Waals surface area contributed by atoms with E-state index in [1.165, 1.54) is 36.4 Å². The highest BCUT2D eigenvalue weighted by atomic mass is 19.4. The highest BCUT2D eigenvalue weighted by Crippen LogP contribution is 2.38. The molecule has 0 aliphatic heterocycles. The van der Waals surface area contributed by atoms with Gasteiger partial charge in [0.25, 0.3) is 5.91 Å². The van der Waals surface area contributed by atoms with Crippen LogP contribution in [0.15, 0.2) is 60.7 Å². The van der Waals surface area contributed by atoms with E-state index in [0.29, 0.717) is 17.3 Å². The van der Waals surface area contributed by atoms with Gasteiger partial charge < -0.3 is 10.1 Å². The summed E-state index contributed by atoms with van der Waals surface area (Å²) in [6.07, 6.45) is -4.79. The van der Waals surface area contributed by atoms with Gasteiger partial charge in [-0.2, -0.15) is 13.2 Å². The number of anilines is 1. The van der Waals surface area contributed by atoms with Crippen molar-refractivity contribution in [3.63, 3.8) is 0 Å². The highest BCUT2D eigenvalue weighted by molar-refractivity contribution is 6.05. The van der Waals surface area contributed by atoms with Crippen molar-refractivity contribution in [3.8, 4) is 11.5 Å². The van der Waals surface area contributed by atoms with Crippen LogP contribution in [-0.4, -0.2) is 5.91 Å². The number of ether oxygens (including phenoxy) is 1. The summed E-state index contributed by atoms with van der Waals surface area (Å²) in [6.45, 7) is 1.59. The maximum absolute atomic E-state index is 13.9. The molecule has 3 aromatic carbocycles. The van der Waals surface area contributed by atoms with Crippen LogP contribution >= 0.6 is 0 Å². The minimum Gasteiger partial charge on any atom is -0.457 e. The number of hydrogen-bond donors (Lipinski definition) is 1. The molecular weight excluding hydrogens is 393 g/mol. The molecular formula is C21H14F5NO2. The maximum Gasteiger partial charge on any atom is 0.420 e.